The average Bonchev–Trinajstić information content (AvgIpc) is 2.53. The Kier molecular flexibility index (Phi) is 8.88. The highest BCUT2D eigenvalue weighted by Crippen LogP contribution is 2.14. The Morgan fingerprint density at radius 1 is 1.12 bits per heavy atom. The first-order chi connectivity index (χ1) is 11.7. The van der Waals surface area contributed by atoms with Gasteiger partial charge in [0.25, 0.3) is 0 Å². The van der Waals surface area contributed by atoms with E-state index in [0.29, 0.717) is 12.8 Å². The molecule has 0 heterocycles. The zero-order valence-electron chi connectivity index (χ0n) is 15.0. The lowest BCUT2D eigenvalue weighted by atomic mass is 10.0. The Hall–Kier alpha value is -1.64. The second-order valence-electron chi connectivity index (χ2n) is 6.26. The molecule has 2 N–H and O–H groups in total. The number of rotatable bonds is 8. The van der Waals surface area contributed by atoms with E-state index in [2.05, 4.69) is 33.2 Å². The fraction of sp³-hybridized carbons (Fsp3) is 0.500. The summed E-state index contributed by atoms with van der Waals surface area (Å²) >= 11 is 2.19. The molecule has 0 saturated heterocycles. The summed E-state index contributed by atoms with van der Waals surface area (Å²) in [5.74, 6) is -0.966. The van der Waals surface area contributed by atoms with Crippen LogP contribution in [-0.2, 0) is 25.5 Å². The van der Waals surface area contributed by atoms with Crippen LogP contribution >= 0.6 is 22.6 Å². The van der Waals surface area contributed by atoms with Crippen molar-refractivity contribution in [2.45, 2.75) is 45.7 Å². The molecule has 2 amide bonds. The smallest absolute Gasteiger partial charge is 0.328 e. The summed E-state index contributed by atoms with van der Waals surface area (Å²) < 4.78 is 5.83. The number of hydrogen-bond donors (Lipinski definition) is 2. The second kappa shape index (κ2) is 10.4. The maximum Gasteiger partial charge on any atom is 0.328 e. The van der Waals surface area contributed by atoms with E-state index in [-0.39, 0.29) is 17.7 Å². The van der Waals surface area contributed by atoms with Crippen LogP contribution in [0.5, 0.6) is 0 Å². The van der Waals surface area contributed by atoms with Crippen molar-refractivity contribution >= 4 is 40.4 Å². The number of esters is 1. The van der Waals surface area contributed by atoms with Gasteiger partial charge in [-0.05, 0) is 46.6 Å². The first-order valence-electron chi connectivity index (χ1n) is 8.13. The third-order valence-corrected chi connectivity index (χ3v) is 4.64. The molecule has 1 aromatic carbocycles. The van der Waals surface area contributed by atoms with Crippen molar-refractivity contribution in [1.82, 2.24) is 10.6 Å². The van der Waals surface area contributed by atoms with Crippen LogP contribution in [0.4, 0.5) is 0 Å². The molecule has 0 spiro atoms. The molecule has 6 nitrogen and oxygen atoms in total. The Morgan fingerprint density at radius 3 is 2.28 bits per heavy atom. The molecule has 0 radical (unpaired) electrons. The quantitative estimate of drug-likeness (QED) is 0.460. The highest BCUT2D eigenvalue weighted by atomic mass is 127. The average molecular weight is 460 g/mol. The van der Waals surface area contributed by atoms with Gasteiger partial charge in [0.2, 0.25) is 11.8 Å². The standard InChI is InChI=1S/C18H25IN2O4/c1-11(2)9-15(20-12(3)22)17(23)21-16(18(24)25-4)10-13-7-5-6-8-14(13)19/h5-8,11,15-16H,9-10H2,1-4H3,(H,20,22)(H,21,23)/t15-,16+/m0/s1. The summed E-state index contributed by atoms with van der Waals surface area (Å²) in [6, 6.07) is 6.14. The van der Waals surface area contributed by atoms with Crippen LogP contribution in [0.2, 0.25) is 0 Å². The molecular weight excluding hydrogens is 435 g/mol. The Morgan fingerprint density at radius 2 is 1.76 bits per heavy atom. The lowest BCUT2D eigenvalue weighted by Gasteiger charge is -2.23. The van der Waals surface area contributed by atoms with Crippen molar-refractivity contribution in [3.05, 3.63) is 33.4 Å². The largest absolute Gasteiger partial charge is 0.467 e. The number of nitrogens with one attached hydrogen (secondary N) is 2. The zero-order chi connectivity index (χ0) is 19.0. The number of amides is 2. The van der Waals surface area contributed by atoms with Crippen LogP contribution in [-0.4, -0.2) is 37.0 Å². The SMILES string of the molecule is COC(=O)[C@@H](Cc1ccccc1I)NC(=O)[C@H](CC(C)C)NC(C)=O. The summed E-state index contributed by atoms with van der Waals surface area (Å²) in [4.78, 5) is 36.1. The number of carbonyl (C=O) groups is 3. The van der Waals surface area contributed by atoms with Crippen LogP contribution in [0.1, 0.15) is 32.8 Å². The van der Waals surface area contributed by atoms with Crippen molar-refractivity contribution < 1.29 is 19.1 Å². The highest BCUT2D eigenvalue weighted by Gasteiger charge is 2.27. The van der Waals surface area contributed by atoms with Gasteiger partial charge in [-0.3, -0.25) is 9.59 Å². The second-order valence-corrected chi connectivity index (χ2v) is 7.42. The topological polar surface area (TPSA) is 84.5 Å². The van der Waals surface area contributed by atoms with E-state index in [1.165, 1.54) is 14.0 Å². The minimum Gasteiger partial charge on any atom is -0.467 e. The molecule has 0 aliphatic rings. The number of ether oxygens (including phenoxy) is 1. The van der Waals surface area contributed by atoms with Gasteiger partial charge in [-0.1, -0.05) is 32.0 Å². The van der Waals surface area contributed by atoms with Gasteiger partial charge in [-0.2, -0.15) is 0 Å². The van der Waals surface area contributed by atoms with Gasteiger partial charge in [-0.15, -0.1) is 0 Å². The Labute approximate surface area is 162 Å². The van der Waals surface area contributed by atoms with Gasteiger partial charge >= 0.3 is 5.97 Å². The van der Waals surface area contributed by atoms with E-state index in [9.17, 15) is 14.4 Å². The highest BCUT2D eigenvalue weighted by molar-refractivity contribution is 14.1. The Bertz CT molecular complexity index is 619. The summed E-state index contributed by atoms with van der Waals surface area (Å²) in [6.45, 7) is 5.29. The van der Waals surface area contributed by atoms with Gasteiger partial charge in [0, 0.05) is 16.9 Å². The van der Waals surface area contributed by atoms with Gasteiger partial charge in [-0.25, -0.2) is 4.79 Å². The summed E-state index contributed by atoms with van der Waals surface area (Å²) in [5, 5.41) is 5.37. The van der Waals surface area contributed by atoms with E-state index in [1.54, 1.807) is 0 Å². The maximum absolute atomic E-state index is 12.6. The first kappa shape index (κ1) is 21.4. The molecule has 0 aliphatic carbocycles. The maximum atomic E-state index is 12.6. The summed E-state index contributed by atoms with van der Waals surface area (Å²) in [6.07, 6.45) is 0.814. The van der Waals surface area contributed by atoms with Gasteiger partial charge in [0.15, 0.2) is 0 Å². The molecule has 7 heteroatoms. The molecule has 1 aromatic rings. The molecule has 25 heavy (non-hydrogen) atoms. The van der Waals surface area contributed by atoms with Gasteiger partial charge < -0.3 is 15.4 Å². The monoisotopic (exact) mass is 460 g/mol. The van der Waals surface area contributed by atoms with Gasteiger partial charge in [0.05, 0.1) is 7.11 Å². The van der Waals surface area contributed by atoms with E-state index in [1.807, 2.05) is 38.1 Å². The van der Waals surface area contributed by atoms with Gasteiger partial charge in [0.1, 0.15) is 12.1 Å². The Balaban J connectivity index is 2.92. The van der Waals surface area contributed by atoms with E-state index >= 15 is 0 Å². The zero-order valence-corrected chi connectivity index (χ0v) is 17.1. The van der Waals surface area contributed by atoms with Crippen molar-refractivity contribution in [1.29, 1.82) is 0 Å². The van der Waals surface area contributed by atoms with Crippen molar-refractivity contribution in [2.24, 2.45) is 5.92 Å². The molecule has 0 fully saturated rings. The summed E-state index contributed by atoms with van der Waals surface area (Å²) in [5.41, 5.74) is 0.943. The van der Waals surface area contributed by atoms with Crippen LogP contribution in [0.15, 0.2) is 24.3 Å². The fourth-order valence-electron chi connectivity index (χ4n) is 2.44. The normalized spacial score (nSPS) is 13.0. The molecule has 0 bridgehead atoms. The third-order valence-electron chi connectivity index (χ3n) is 3.59. The minimum atomic E-state index is -0.808. The molecule has 138 valence electrons. The number of methoxy groups -OCH3 is 1. The molecule has 0 saturated carbocycles. The minimum absolute atomic E-state index is 0.217. The van der Waals surface area contributed by atoms with E-state index in [4.69, 9.17) is 4.74 Å². The predicted molar refractivity (Wildman–Crippen MR) is 104 cm³/mol. The first-order valence-corrected chi connectivity index (χ1v) is 9.21. The number of hydrogen-bond acceptors (Lipinski definition) is 4. The molecule has 0 aliphatic heterocycles. The lowest BCUT2D eigenvalue weighted by molar-refractivity contribution is -0.145. The molecule has 0 aromatic heterocycles. The summed E-state index contributed by atoms with van der Waals surface area (Å²) in [7, 11) is 1.29. The van der Waals surface area contributed by atoms with Crippen LogP contribution < -0.4 is 10.6 Å². The van der Waals surface area contributed by atoms with Crippen molar-refractivity contribution in [3.63, 3.8) is 0 Å². The van der Waals surface area contributed by atoms with Crippen molar-refractivity contribution in [3.8, 4) is 0 Å². The molecule has 2 atom stereocenters. The number of carbonyl (C=O) groups excluding carboxylic acids is 3. The third kappa shape index (κ3) is 7.41. The molecule has 1 rings (SSSR count). The number of halogens is 1. The molecular formula is C18H25IN2O4. The van der Waals surface area contributed by atoms with Crippen LogP contribution in [0, 0.1) is 9.49 Å². The van der Waals surface area contributed by atoms with Crippen LogP contribution in [0.25, 0.3) is 0 Å². The van der Waals surface area contributed by atoms with Crippen LogP contribution in [0.3, 0.4) is 0 Å². The fourth-order valence-corrected chi connectivity index (χ4v) is 3.05. The van der Waals surface area contributed by atoms with Crippen molar-refractivity contribution in [2.75, 3.05) is 7.11 Å². The van der Waals surface area contributed by atoms with E-state index < -0.39 is 18.1 Å². The number of benzene rings is 1. The predicted octanol–water partition coefficient (Wildman–Crippen LogP) is 2.04. The molecule has 0 unspecified atom stereocenters. The lowest BCUT2D eigenvalue weighted by Crippen LogP contribution is -2.52. The van der Waals surface area contributed by atoms with E-state index in [0.717, 1.165) is 9.13 Å².